The summed E-state index contributed by atoms with van der Waals surface area (Å²) in [4.78, 5) is 63.4. The molecule has 50 heavy (non-hydrogen) atoms. The van der Waals surface area contributed by atoms with E-state index in [2.05, 4.69) is 11.5 Å². The maximum absolute atomic E-state index is 14.2. The van der Waals surface area contributed by atoms with Crippen LogP contribution in [0.4, 0.5) is 18.0 Å². The number of ether oxygens (including phenoxy) is 1. The van der Waals surface area contributed by atoms with E-state index < -0.39 is 53.8 Å². The van der Waals surface area contributed by atoms with Gasteiger partial charge >= 0.3 is 12.3 Å². The average Bonchev–Trinajstić information content (AvgIpc) is 3.50. The normalized spacial score (nSPS) is 24.1. The summed E-state index contributed by atoms with van der Waals surface area (Å²) in [6.07, 6.45) is 1.17. The first kappa shape index (κ1) is 35.4. The molecule has 2 aromatic carbocycles. The van der Waals surface area contributed by atoms with Crippen LogP contribution in [0.1, 0.15) is 61.3 Å². The monoisotopic (exact) mass is 695 g/mol. The number of alkyl halides is 3. The van der Waals surface area contributed by atoms with Crippen LogP contribution in [-0.4, -0.2) is 112 Å². The van der Waals surface area contributed by atoms with Crippen molar-refractivity contribution in [2.24, 2.45) is 0 Å². The third-order valence-electron chi connectivity index (χ3n) is 10.6. The largest absolute Gasteiger partial charge is 0.447 e. The van der Waals surface area contributed by atoms with Crippen LogP contribution in [0.15, 0.2) is 67.3 Å². The number of cyclic esters (lactones) is 1. The van der Waals surface area contributed by atoms with Crippen LogP contribution in [0.25, 0.3) is 0 Å². The molecule has 0 N–H and O–H groups in total. The van der Waals surface area contributed by atoms with Gasteiger partial charge in [-0.25, -0.2) is 4.79 Å². The fourth-order valence-corrected chi connectivity index (χ4v) is 7.89. The summed E-state index contributed by atoms with van der Waals surface area (Å²) in [6.45, 7) is 6.97. The number of amides is 4. The van der Waals surface area contributed by atoms with Crippen LogP contribution in [0.2, 0.25) is 0 Å². The lowest BCUT2D eigenvalue weighted by atomic mass is 9.88. The smallest absolute Gasteiger partial charge is 0.416 e. The third kappa shape index (κ3) is 7.24. The molecule has 4 aliphatic heterocycles. The molecule has 4 aliphatic rings. The zero-order valence-corrected chi connectivity index (χ0v) is 28.3. The highest BCUT2D eigenvalue weighted by molar-refractivity contribution is 5.99. The Bertz CT molecular complexity index is 1570. The van der Waals surface area contributed by atoms with Gasteiger partial charge in [0.25, 0.3) is 0 Å². The molecule has 0 aromatic heterocycles. The Morgan fingerprint density at radius 1 is 1.00 bits per heavy atom. The number of benzene rings is 2. The lowest BCUT2D eigenvalue weighted by molar-refractivity contribution is -0.167. The zero-order chi connectivity index (χ0) is 35.6. The second-order valence-electron chi connectivity index (χ2n) is 13.6. The van der Waals surface area contributed by atoms with E-state index in [1.807, 2.05) is 30.3 Å². The highest BCUT2D eigenvalue weighted by Crippen LogP contribution is 2.39. The van der Waals surface area contributed by atoms with Crippen molar-refractivity contribution in [3.05, 3.63) is 83.9 Å². The minimum Gasteiger partial charge on any atom is -0.447 e. The number of carbonyl (C=O) groups excluding carboxylic acids is 4. The van der Waals surface area contributed by atoms with Crippen LogP contribution >= 0.6 is 0 Å². The van der Waals surface area contributed by atoms with Crippen molar-refractivity contribution in [2.45, 2.75) is 81.5 Å². The first-order chi connectivity index (χ1) is 24.0. The van der Waals surface area contributed by atoms with E-state index in [4.69, 9.17) is 4.74 Å². The molecule has 4 atom stereocenters. The minimum absolute atomic E-state index is 0.0461. The summed E-state index contributed by atoms with van der Waals surface area (Å²) in [7, 11) is 1.44. The molecule has 0 saturated carbocycles. The minimum atomic E-state index is -4.56. The molecular formula is C37H44F3N5O5. The number of hydrogen-bond donors (Lipinski definition) is 0. The Kier molecular flexibility index (Phi) is 10.5. The molecule has 0 radical (unpaired) electrons. The highest BCUT2D eigenvalue weighted by Gasteiger charge is 2.58. The second-order valence-corrected chi connectivity index (χ2v) is 13.6. The molecule has 2 aromatic rings. The molecule has 13 heteroatoms. The van der Waals surface area contributed by atoms with Crippen molar-refractivity contribution >= 4 is 23.8 Å². The van der Waals surface area contributed by atoms with Gasteiger partial charge < -0.3 is 24.3 Å². The Morgan fingerprint density at radius 3 is 2.36 bits per heavy atom. The predicted molar refractivity (Wildman–Crippen MR) is 178 cm³/mol. The van der Waals surface area contributed by atoms with Crippen LogP contribution < -0.4 is 0 Å². The average molecular weight is 696 g/mol. The SMILES string of the molecule is C=C[C@@H]1[C@H](N2C(=O)OC[C@@H]2c2ccccc2)C(=O)N1[C@H](CC(=O)N1CCC(N2CCCCC2)CC1)C(=O)N(C)Cc1cccc(C(F)(F)F)c1. The van der Waals surface area contributed by atoms with Crippen LogP contribution in [0, 0.1) is 0 Å². The maximum atomic E-state index is 14.2. The summed E-state index contributed by atoms with van der Waals surface area (Å²) < 4.78 is 45.7. The summed E-state index contributed by atoms with van der Waals surface area (Å²) in [5.74, 6) is -1.41. The number of halogens is 3. The number of piperidine rings is 2. The topological polar surface area (TPSA) is 93.7 Å². The van der Waals surface area contributed by atoms with Crippen molar-refractivity contribution in [2.75, 3.05) is 39.8 Å². The molecule has 4 fully saturated rings. The van der Waals surface area contributed by atoms with Crippen molar-refractivity contribution in [3.8, 4) is 0 Å². The summed E-state index contributed by atoms with van der Waals surface area (Å²) >= 11 is 0. The molecular weight excluding hydrogens is 651 g/mol. The maximum Gasteiger partial charge on any atom is 0.416 e. The first-order valence-corrected chi connectivity index (χ1v) is 17.4. The third-order valence-corrected chi connectivity index (χ3v) is 10.6. The number of rotatable bonds is 10. The quantitative estimate of drug-likeness (QED) is 0.261. The highest BCUT2D eigenvalue weighted by atomic mass is 19.4. The molecule has 0 aliphatic carbocycles. The molecule has 4 saturated heterocycles. The number of β-lactam (4-membered cyclic amide) rings is 1. The second kappa shape index (κ2) is 14.8. The van der Waals surface area contributed by atoms with Crippen LogP contribution in [0.5, 0.6) is 0 Å². The van der Waals surface area contributed by atoms with E-state index in [-0.39, 0.29) is 31.0 Å². The summed E-state index contributed by atoms with van der Waals surface area (Å²) in [5.41, 5.74) is 0.191. The number of nitrogens with zero attached hydrogens (tertiary/aromatic N) is 5. The molecule has 0 spiro atoms. The van der Waals surface area contributed by atoms with Gasteiger partial charge in [-0.05, 0) is 62.0 Å². The number of carbonyl (C=O) groups is 4. The van der Waals surface area contributed by atoms with Crippen molar-refractivity contribution < 1.29 is 37.1 Å². The predicted octanol–water partition coefficient (Wildman–Crippen LogP) is 4.86. The lowest BCUT2D eigenvalue weighted by Crippen LogP contribution is -2.74. The molecule has 4 amide bonds. The van der Waals surface area contributed by atoms with Gasteiger partial charge in [-0.3, -0.25) is 19.3 Å². The summed E-state index contributed by atoms with van der Waals surface area (Å²) in [6, 6.07) is 10.7. The van der Waals surface area contributed by atoms with E-state index in [1.165, 1.54) is 59.2 Å². The number of likely N-dealkylation sites (N-methyl/N-ethyl adjacent to an activating group) is 1. The first-order valence-electron chi connectivity index (χ1n) is 17.4. The number of hydrogen-bond acceptors (Lipinski definition) is 6. The molecule has 4 heterocycles. The van der Waals surface area contributed by atoms with E-state index in [0.717, 1.165) is 43.6 Å². The van der Waals surface area contributed by atoms with Gasteiger partial charge in [0.15, 0.2) is 0 Å². The standard InChI is InChI=1S/C37H44F3N5O5/c1-3-29-33(45-31(24-50-36(45)49)26-12-6-4-7-13-26)35(48)44(29)30(34(47)41(2)23-25-11-10-14-27(21-25)37(38,39)40)22-32(46)43-19-15-28(16-20-43)42-17-8-5-9-18-42/h3-4,6-7,10-14,21,28-31,33H,1,5,8-9,15-20,22-24H2,2H3/t29-,30-,31-,33+/m1/s1. The van der Waals surface area contributed by atoms with Gasteiger partial charge in [0.2, 0.25) is 17.7 Å². The zero-order valence-electron chi connectivity index (χ0n) is 28.3. The number of likely N-dealkylation sites (tertiary alicyclic amines) is 3. The van der Waals surface area contributed by atoms with E-state index in [1.54, 1.807) is 4.90 Å². The van der Waals surface area contributed by atoms with Gasteiger partial charge in [-0.15, -0.1) is 6.58 Å². The van der Waals surface area contributed by atoms with Crippen molar-refractivity contribution in [1.82, 2.24) is 24.5 Å². The van der Waals surface area contributed by atoms with Crippen molar-refractivity contribution in [3.63, 3.8) is 0 Å². The van der Waals surface area contributed by atoms with Crippen LogP contribution in [-0.2, 0) is 31.8 Å². The van der Waals surface area contributed by atoms with Gasteiger partial charge in [-0.2, -0.15) is 13.2 Å². The fraction of sp³-hybridized carbons (Fsp3) is 0.514. The van der Waals surface area contributed by atoms with Gasteiger partial charge in [0.05, 0.1) is 24.1 Å². The Hall–Kier alpha value is -4.39. The van der Waals surface area contributed by atoms with Gasteiger partial charge in [0.1, 0.15) is 18.7 Å². The van der Waals surface area contributed by atoms with Gasteiger partial charge in [-0.1, -0.05) is 55.0 Å². The molecule has 268 valence electrons. The van der Waals surface area contributed by atoms with Gasteiger partial charge in [0, 0.05) is 32.7 Å². The van der Waals surface area contributed by atoms with E-state index in [9.17, 15) is 32.3 Å². The van der Waals surface area contributed by atoms with E-state index in [0.29, 0.717) is 19.1 Å². The molecule has 6 rings (SSSR count). The fourth-order valence-electron chi connectivity index (χ4n) is 7.89. The molecule has 0 unspecified atom stereocenters. The molecule has 10 nitrogen and oxygen atoms in total. The Morgan fingerprint density at radius 2 is 1.70 bits per heavy atom. The Balaban J connectivity index is 1.22. The molecule has 0 bridgehead atoms. The van der Waals surface area contributed by atoms with Crippen molar-refractivity contribution in [1.29, 1.82) is 0 Å². The summed E-state index contributed by atoms with van der Waals surface area (Å²) in [5, 5.41) is 0. The van der Waals surface area contributed by atoms with E-state index >= 15 is 0 Å². The Labute approximate surface area is 290 Å². The van der Waals surface area contributed by atoms with Crippen LogP contribution in [0.3, 0.4) is 0 Å². The lowest BCUT2D eigenvalue weighted by Gasteiger charge is -2.52.